The summed E-state index contributed by atoms with van der Waals surface area (Å²) in [4.78, 5) is 25.6. The number of ether oxygens (including phenoxy) is 2. The first kappa shape index (κ1) is 29.4. The van der Waals surface area contributed by atoms with Crippen molar-refractivity contribution in [2.24, 2.45) is 0 Å². The predicted molar refractivity (Wildman–Crippen MR) is 147 cm³/mol. The number of hydrogen-bond donors (Lipinski definition) is 2. The number of likely N-dealkylation sites (tertiary alicyclic amines) is 1. The van der Waals surface area contributed by atoms with Gasteiger partial charge < -0.3 is 30.3 Å². The Morgan fingerprint density at radius 1 is 1.23 bits per heavy atom. The van der Waals surface area contributed by atoms with Gasteiger partial charge >= 0.3 is 12.2 Å². The molecule has 0 aliphatic carbocycles. The molecule has 1 aromatic carbocycles. The molecule has 3 aliphatic heterocycles. The smallest absolute Gasteiger partial charge is 0.416 e. The third-order valence-electron chi connectivity index (χ3n) is 8.09. The molecule has 2 aromatic heterocycles. The molecule has 230 valence electrons. The number of nitrogens with two attached hydrogens (primary N) is 1. The Kier molecular flexibility index (Phi) is 7.59. The molecule has 5 heterocycles. The molecule has 11 nitrogen and oxygen atoms in total. The molecule has 0 spiro atoms. The number of amides is 1. The van der Waals surface area contributed by atoms with E-state index in [4.69, 9.17) is 26.8 Å². The number of aromatic nitrogens is 4. The molecule has 1 fully saturated rings. The molecule has 3 aliphatic rings. The number of likely N-dealkylation sites (N-methyl/N-ethyl adjacent to an activating group) is 1. The zero-order valence-electron chi connectivity index (χ0n) is 23.3. The van der Waals surface area contributed by atoms with Gasteiger partial charge in [-0.3, -0.25) is 9.48 Å². The number of carbonyl (C=O) groups excluding carboxylic acids is 1. The topological polar surface area (TPSA) is 124 Å². The summed E-state index contributed by atoms with van der Waals surface area (Å²) in [6, 6.07) is 1.87. The average Bonchev–Trinajstić information content (AvgIpc) is 3.11. The Bertz CT molecular complexity index is 1580. The van der Waals surface area contributed by atoms with Gasteiger partial charge in [-0.2, -0.15) is 28.2 Å². The zero-order valence-corrected chi connectivity index (χ0v) is 24.1. The van der Waals surface area contributed by atoms with Crippen molar-refractivity contribution in [3.05, 3.63) is 56.7 Å². The summed E-state index contributed by atoms with van der Waals surface area (Å²) in [5.74, 6) is -0.969. The minimum atomic E-state index is -4.82. The number of aryl methyl sites for hydroxylation is 1. The van der Waals surface area contributed by atoms with Crippen LogP contribution >= 0.6 is 11.6 Å². The number of nitrogens with one attached hydrogen (secondary N) is 1. The van der Waals surface area contributed by atoms with Crippen molar-refractivity contribution in [3.8, 4) is 6.01 Å². The summed E-state index contributed by atoms with van der Waals surface area (Å²) < 4.78 is 69.4. The van der Waals surface area contributed by atoms with Crippen LogP contribution in [-0.4, -0.2) is 70.4 Å². The van der Waals surface area contributed by atoms with Crippen LogP contribution in [0.5, 0.6) is 6.01 Å². The Morgan fingerprint density at radius 2 is 2.00 bits per heavy atom. The maximum Gasteiger partial charge on any atom is 0.416 e. The monoisotopic (exact) mass is 624 g/mol. The molecule has 0 saturated carbocycles. The van der Waals surface area contributed by atoms with Crippen molar-refractivity contribution in [1.82, 2.24) is 30.0 Å². The lowest BCUT2D eigenvalue weighted by Gasteiger charge is -2.38. The van der Waals surface area contributed by atoms with E-state index in [1.54, 1.807) is 9.58 Å². The standard InChI is InChI=1S/C27H29ClF4N8O3/c1-34-13-9-39(10-13)25(41)23-21(28)18-11-38(6-3-7-40(18)37-23)24-14-12-43-19(8-17(14)35-26(36-24)42-2)20-15(27(30,31)32)4-5-16(33)22(20)29/h4-5,13,19,34H,3,6-12,33H2,1-2H3. The third-order valence-corrected chi connectivity index (χ3v) is 8.49. The number of carbonyl (C=O) groups is 1. The predicted octanol–water partition coefficient (Wildman–Crippen LogP) is 3.34. The van der Waals surface area contributed by atoms with Gasteiger partial charge in [0, 0.05) is 49.8 Å². The number of fused-ring (bicyclic) bond motifs is 2. The van der Waals surface area contributed by atoms with Crippen molar-refractivity contribution in [2.75, 3.05) is 44.4 Å². The summed E-state index contributed by atoms with van der Waals surface area (Å²) in [6.45, 7) is 2.23. The molecule has 6 rings (SSSR count). The maximum absolute atomic E-state index is 15.0. The zero-order chi connectivity index (χ0) is 30.6. The van der Waals surface area contributed by atoms with E-state index in [0.29, 0.717) is 55.4 Å². The van der Waals surface area contributed by atoms with Gasteiger partial charge in [-0.25, -0.2) is 4.39 Å². The van der Waals surface area contributed by atoms with Crippen molar-refractivity contribution in [1.29, 1.82) is 0 Å². The van der Waals surface area contributed by atoms with Gasteiger partial charge in [-0.05, 0) is 25.6 Å². The van der Waals surface area contributed by atoms with Crippen molar-refractivity contribution >= 4 is 29.0 Å². The van der Waals surface area contributed by atoms with Crippen LogP contribution in [0.4, 0.5) is 29.1 Å². The Hall–Kier alpha value is -3.69. The van der Waals surface area contributed by atoms with Crippen molar-refractivity contribution in [2.45, 2.75) is 50.9 Å². The van der Waals surface area contributed by atoms with E-state index in [1.807, 2.05) is 11.9 Å². The molecule has 1 amide bonds. The summed E-state index contributed by atoms with van der Waals surface area (Å²) >= 11 is 6.73. The number of methoxy groups -OCH3 is 1. The maximum atomic E-state index is 15.0. The number of hydrogen-bond acceptors (Lipinski definition) is 9. The second-order valence-corrected chi connectivity index (χ2v) is 11.1. The minimum Gasteiger partial charge on any atom is -0.467 e. The van der Waals surface area contributed by atoms with Gasteiger partial charge in [-0.1, -0.05) is 11.6 Å². The Labute approximate surface area is 248 Å². The summed E-state index contributed by atoms with van der Waals surface area (Å²) in [5, 5.41) is 7.91. The molecule has 1 unspecified atom stereocenters. The van der Waals surface area contributed by atoms with Crippen LogP contribution in [0.25, 0.3) is 0 Å². The van der Waals surface area contributed by atoms with E-state index in [0.717, 1.165) is 12.1 Å². The number of nitrogens with zero attached hydrogens (tertiary/aromatic N) is 6. The van der Waals surface area contributed by atoms with Crippen LogP contribution in [0.2, 0.25) is 5.02 Å². The highest BCUT2D eigenvalue weighted by Crippen LogP contribution is 2.43. The first-order chi connectivity index (χ1) is 20.5. The van der Waals surface area contributed by atoms with Crippen LogP contribution in [0.3, 0.4) is 0 Å². The van der Waals surface area contributed by atoms with Crippen molar-refractivity contribution < 1.29 is 31.8 Å². The Balaban J connectivity index is 1.32. The fourth-order valence-electron chi connectivity index (χ4n) is 5.72. The highest BCUT2D eigenvalue weighted by molar-refractivity contribution is 6.34. The number of anilines is 2. The van der Waals surface area contributed by atoms with Gasteiger partial charge in [0.05, 0.1) is 54.0 Å². The molecule has 16 heteroatoms. The van der Waals surface area contributed by atoms with Crippen LogP contribution in [0.1, 0.15) is 51.1 Å². The molecule has 3 N–H and O–H groups in total. The fraction of sp³-hybridized carbons (Fsp3) is 0.481. The Morgan fingerprint density at radius 3 is 2.70 bits per heavy atom. The second kappa shape index (κ2) is 11.1. The van der Waals surface area contributed by atoms with Crippen LogP contribution in [0, 0.1) is 5.82 Å². The summed E-state index contributed by atoms with van der Waals surface area (Å²) in [6.07, 6.45) is -5.64. The van der Waals surface area contributed by atoms with Gasteiger partial charge in [-0.15, -0.1) is 0 Å². The molecule has 3 aromatic rings. The summed E-state index contributed by atoms with van der Waals surface area (Å²) in [7, 11) is 3.22. The van der Waals surface area contributed by atoms with E-state index >= 15 is 4.39 Å². The lowest BCUT2D eigenvalue weighted by molar-refractivity contribution is -0.140. The number of benzene rings is 1. The molecule has 0 radical (unpaired) electrons. The van der Waals surface area contributed by atoms with Gasteiger partial charge in [0.15, 0.2) is 11.5 Å². The normalized spacial score (nSPS) is 19.0. The van der Waals surface area contributed by atoms with E-state index in [2.05, 4.69) is 20.4 Å². The van der Waals surface area contributed by atoms with Crippen LogP contribution in [0.15, 0.2) is 12.1 Å². The second-order valence-electron chi connectivity index (χ2n) is 10.7. The first-order valence-corrected chi connectivity index (χ1v) is 14.0. The molecular formula is C27H29ClF4N8O3. The third kappa shape index (κ3) is 5.23. The van der Waals surface area contributed by atoms with Crippen LogP contribution in [-0.2, 0) is 37.0 Å². The van der Waals surface area contributed by atoms with Gasteiger partial charge in [0.2, 0.25) is 0 Å². The molecule has 1 atom stereocenters. The highest BCUT2D eigenvalue weighted by atomic mass is 35.5. The molecular weight excluding hydrogens is 596 g/mol. The van der Waals surface area contributed by atoms with E-state index in [9.17, 15) is 18.0 Å². The van der Waals surface area contributed by atoms with Gasteiger partial charge in [0.25, 0.3) is 5.91 Å². The first-order valence-electron chi connectivity index (χ1n) is 13.7. The number of nitrogen functional groups attached to an aromatic ring is 1. The van der Waals surface area contributed by atoms with E-state index in [1.165, 1.54) is 7.11 Å². The summed E-state index contributed by atoms with van der Waals surface area (Å²) in [5.41, 5.74) is 5.12. The average molecular weight is 625 g/mol. The SMILES string of the molecule is CNC1CN(C(=O)c2nn3c(c2Cl)CN(c2nc(OC)nc4c2COC(c2c(C(F)(F)F)ccc(N)c2F)C4)CCC3)C1. The number of alkyl halides is 3. The largest absolute Gasteiger partial charge is 0.467 e. The number of halogens is 5. The van der Waals surface area contributed by atoms with Crippen LogP contribution < -0.4 is 20.7 Å². The fourth-order valence-corrected chi connectivity index (χ4v) is 5.99. The quantitative estimate of drug-likeness (QED) is 0.325. The van der Waals surface area contributed by atoms with E-state index < -0.39 is 34.9 Å². The van der Waals surface area contributed by atoms with E-state index in [-0.39, 0.29) is 48.2 Å². The molecule has 0 bridgehead atoms. The molecule has 43 heavy (non-hydrogen) atoms. The minimum absolute atomic E-state index is 0.00455. The highest BCUT2D eigenvalue weighted by Gasteiger charge is 2.40. The lowest BCUT2D eigenvalue weighted by Crippen LogP contribution is -2.59. The number of rotatable bonds is 5. The molecule has 1 saturated heterocycles. The van der Waals surface area contributed by atoms with Gasteiger partial charge in [0.1, 0.15) is 5.82 Å². The van der Waals surface area contributed by atoms with Crippen molar-refractivity contribution in [3.63, 3.8) is 0 Å². The lowest BCUT2D eigenvalue weighted by atomic mass is 9.94.